The van der Waals surface area contributed by atoms with E-state index in [1.54, 1.807) is 20.9 Å². The van der Waals surface area contributed by atoms with E-state index in [1.807, 2.05) is 0 Å². The van der Waals surface area contributed by atoms with Crippen molar-refractivity contribution in [3.63, 3.8) is 0 Å². The zero-order valence-corrected chi connectivity index (χ0v) is 11.6. The standard InChI is InChI=1S/C10H22N2O4S/c1-10(2,7-13)12(3)9(14)8(11)5-6-17(4,15)16/h8,13H,5-7,11H2,1-4H3. The molecule has 0 heterocycles. The average molecular weight is 266 g/mol. The van der Waals surface area contributed by atoms with Gasteiger partial charge in [0.25, 0.3) is 0 Å². The van der Waals surface area contributed by atoms with Crippen LogP contribution in [0.25, 0.3) is 0 Å². The normalized spacial score (nSPS) is 14.5. The third-order valence-corrected chi connectivity index (χ3v) is 3.72. The van der Waals surface area contributed by atoms with Crippen molar-refractivity contribution in [3.8, 4) is 0 Å². The highest BCUT2D eigenvalue weighted by atomic mass is 32.2. The number of rotatable bonds is 6. The Bertz CT molecular complexity index is 365. The quantitative estimate of drug-likeness (QED) is 0.641. The van der Waals surface area contributed by atoms with Gasteiger partial charge in [0, 0.05) is 13.3 Å². The number of amides is 1. The molecule has 0 aliphatic carbocycles. The van der Waals surface area contributed by atoms with Crippen LogP contribution in [0.1, 0.15) is 20.3 Å². The maximum atomic E-state index is 11.9. The summed E-state index contributed by atoms with van der Waals surface area (Å²) in [5.74, 6) is -0.486. The highest BCUT2D eigenvalue weighted by Gasteiger charge is 2.30. The molecule has 1 atom stereocenters. The molecular weight excluding hydrogens is 244 g/mol. The Labute approximate surface area is 103 Å². The van der Waals surface area contributed by atoms with Crippen molar-refractivity contribution in [1.29, 1.82) is 0 Å². The van der Waals surface area contributed by atoms with Gasteiger partial charge in [-0.15, -0.1) is 0 Å². The van der Waals surface area contributed by atoms with Gasteiger partial charge in [-0.2, -0.15) is 0 Å². The summed E-state index contributed by atoms with van der Waals surface area (Å²) in [7, 11) is -1.58. The van der Waals surface area contributed by atoms with Gasteiger partial charge in [-0.3, -0.25) is 4.79 Å². The van der Waals surface area contributed by atoms with Gasteiger partial charge in [0.15, 0.2) is 0 Å². The molecule has 1 unspecified atom stereocenters. The minimum atomic E-state index is -3.12. The van der Waals surface area contributed by atoms with Crippen LogP contribution in [-0.2, 0) is 14.6 Å². The summed E-state index contributed by atoms with van der Waals surface area (Å²) in [6.07, 6.45) is 1.19. The molecule has 0 rings (SSSR count). The molecule has 3 N–H and O–H groups in total. The Hall–Kier alpha value is -0.660. The summed E-state index contributed by atoms with van der Waals surface area (Å²) in [5.41, 5.74) is 4.93. The van der Waals surface area contributed by atoms with Crippen molar-refractivity contribution in [3.05, 3.63) is 0 Å². The van der Waals surface area contributed by atoms with E-state index in [2.05, 4.69) is 0 Å². The maximum absolute atomic E-state index is 11.9. The Morgan fingerprint density at radius 3 is 2.29 bits per heavy atom. The number of nitrogens with zero attached hydrogens (tertiary/aromatic N) is 1. The molecule has 102 valence electrons. The molecule has 17 heavy (non-hydrogen) atoms. The minimum absolute atomic E-state index is 0.0868. The molecule has 0 aliphatic heterocycles. The molecule has 0 bridgehead atoms. The largest absolute Gasteiger partial charge is 0.394 e. The van der Waals surface area contributed by atoms with Gasteiger partial charge in [0.05, 0.1) is 23.9 Å². The van der Waals surface area contributed by atoms with Crippen LogP contribution in [-0.4, -0.2) is 61.6 Å². The van der Waals surface area contributed by atoms with Crippen molar-refractivity contribution in [2.45, 2.75) is 31.8 Å². The molecule has 0 saturated carbocycles. The lowest BCUT2D eigenvalue weighted by molar-refractivity contribution is -0.137. The molecule has 1 amide bonds. The number of nitrogens with two attached hydrogens (primary N) is 1. The third kappa shape index (κ3) is 5.47. The molecular formula is C10H22N2O4S. The van der Waals surface area contributed by atoms with E-state index in [1.165, 1.54) is 4.90 Å². The van der Waals surface area contributed by atoms with Gasteiger partial charge < -0.3 is 15.7 Å². The first-order valence-corrected chi connectivity index (χ1v) is 7.39. The number of likely N-dealkylation sites (N-methyl/N-ethyl adjacent to an activating group) is 1. The zero-order chi connectivity index (χ0) is 13.9. The Morgan fingerprint density at radius 1 is 1.47 bits per heavy atom. The molecule has 0 aromatic heterocycles. The van der Waals surface area contributed by atoms with Crippen LogP contribution in [0.5, 0.6) is 0 Å². The van der Waals surface area contributed by atoms with Gasteiger partial charge in [-0.25, -0.2) is 8.42 Å². The third-order valence-electron chi connectivity index (χ3n) is 2.74. The van der Waals surface area contributed by atoms with E-state index in [0.717, 1.165) is 6.26 Å². The molecule has 0 aliphatic rings. The fourth-order valence-electron chi connectivity index (χ4n) is 1.12. The number of hydrogen-bond acceptors (Lipinski definition) is 5. The molecule has 0 radical (unpaired) electrons. The predicted octanol–water partition coefficient (Wildman–Crippen LogP) is -1.02. The van der Waals surface area contributed by atoms with Crippen LogP contribution in [0.15, 0.2) is 0 Å². The molecule has 0 saturated heterocycles. The molecule has 7 heteroatoms. The van der Waals surface area contributed by atoms with E-state index < -0.39 is 21.4 Å². The van der Waals surface area contributed by atoms with Crippen LogP contribution in [0.4, 0.5) is 0 Å². The smallest absolute Gasteiger partial charge is 0.239 e. The molecule has 6 nitrogen and oxygen atoms in total. The number of carbonyl (C=O) groups is 1. The lowest BCUT2D eigenvalue weighted by atomic mass is 10.0. The lowest BCUT2D eigenvalue weighted by Crippen LogP contribution is -2.53. The average Bonchev–Trinajstić information content (AvgIpc) is 2.22. The molecule has 0 aromatic carbocycles. The van der Waals surface area contributed by atoms with Crippen molar-refractivity contribution in [1.82, 2.24) is 4.90 Å². The van der Waals surface area contributed by atoms with Crippen molar-refractivity contribution in [2.75, 3.05) is 25.7 Å². The monoisotopic (exact) mass is 266 g/mol. The summed E-state index contributed by atoms with van der Waals surface area (Å²) < 4.78 is 21.9. The minimum Gasteiger partial charge on any atom is -0.394 e. The fraction of sp³-hybridized carbons (Fsp3) is 0.900. The van der Waals surface area contributed by atoms with Crippen LogP contribution in [0.3, 0.4) is 0 Å². The number of aliphatic hydroxyl groups excluding tert-OH is 1. The van der Waals surface area contributed by atoms with Gasteiger partial charge in [0.1, 0.15) is 9.84 Å². The topological polar surface area (TPSA) is 101 Å². The zero-order valence-electron chi connectivity index (χ0n) is 10.8. The van der Waals surface area contributed by atoms with Crippen molar-refractivity contribution >= 4 is 15.7 Å². The van der Waals surface area contributed by atoms with Gasteiger partial charge in [0.2, 0.25) is 5.91 Å². The highest BCUT2D eigenvalue weighted by Crippen LogP contribution is 2.13. The summed E-state index contributed by atoms with van der Waals surface area (Å²) in [4.78, 5) is 13.2. The van der Waals surface area contributed by atoms with Crippen molar-refractivity contribution in [2.24, 2.45) is 5.73 Å². The summed E-state index contributed by atoms with van der Waals surface area (Å²) in [6.45, 7) is 3.22. The van der Waals surface area contributed by atoms with E-state index in [0.29, 0.717) is 0 Å². The summed E-state index contributed by atoms with van der Waals surface area (Å²) in [6, 6.07) is -0.861. The number of sulfone groups is 1. The second-order valence-corrected chi connectivity index (χ2v) is 7.15. The number of carbonyl (C=O) groups excluding carboxylic acids is 1. The summed E-state index contributed by atoms with van der Waals surface area (Å²) in [5, 5.41) is 9.12. The van der Waals surface area contributed by atoms with E-state index in [-0.39, 0.29) is 24.7 Å². The van der Waals surface area contributed by atoms with Gasteiger partial charge in [-0.05, 0) is 20.3 Å². The van der Waals surface area contributed by atoms with Crippen LogP contribution < -0.4 is 5.73 Å². The van der Waals surface area contributed by atoms with Crippen LogP contribution in [0.2, 0.25) is 0 Å². The lowest BCUT2D eigenvalue weighted by Gasteiger charge is -2.35. The van der Waals surface area contributed by atoms with Crippen LogP contribution in [0, 0.1) is 0 Å². The highest BCUT2D eigenvalue weighted by molar-refractivity contribution is 7.90. The maximum Gasteiger partial charge on any atom is 0.239 e. The SMILES string of the molecule is CN(C(=O)C(N)CCS(C)(=O)=O)C(C)(C)CO. The number of aliphatic hydroxyl groups is 1. The fourth-order valence-corrected chi connectivity index (χ4v) is 1.80. The molecule has 0 aromatic rings. The second kappa shape index (κ2) is 5.79. The summed E-state index contributed by atoms with van der Waals surface area (Å²) >= 11 is 0. The van der Waals surface area contributed by atoms with E-state index >= 15 is 0 Å². The van der Waals surface area contributed by atoms with E-state index in [4.69, 9.17) is 10.8 Å². The Balaban J connectivity index is 4.51. The molecule has 0 fully saturated rings. The van der Waals surface area contributed by atoms with E-state index in [9.17, 15) is 13.2 Å². The predicted molar refractivity (Wildman–Crippen MR) is 66.2 cm³/mol. The van der Waals surface area contributed by atoms with Gasteiger partial charge >= 0.3 is 0 Å². The van der Waals surface area contributed by atoms with Crippen LogP contribution >= 0.6 is 0 Å². The first kappa shape index (κ1) is 16.3. The first-order valence-electron chi connectivity index (χ1n) is 5.33. The van der Waals surface area contributed by atoms with Crippen molar-refractivity contribution < 1.29 is 18.3 Å². The Kier molecular flexibility index (Phi) is 5.57. The molecule has 0 spiro atoms. The number of hydrogen-bond donors (Lipinski definition) is 2. The Morgan fingerprint density at radius 2 is 1.94 bits per heavy atom. The van der Waals surface area contributed by atoms with Gasteiger partial charge in [-0.1, -0.05) is 0 Å². The first-order chi connectivity index (χ1) is 7.51. The second-order valence-electron chi connectivity index (χ2n) is 4.89.